The number of carbonyl (C=O) groups is 2. The normalized spacial score (nSPS) is 12.0. The summed E-state index contributed by atoms with van der Waals surface area (Å²) in [4.78, 5) is 28.9. The third-order valence-electron chi connectivity index (χ3n) is 6.52. The van der Waals surface area contributed by atoms with E-state index in [1.165, 1.54) is 17.0 Å². The van der Waals surface area contributed by atoms with Gasteiger partial charge in [0.2, 0.25) is 11.8 Å². The Balaban J connectivity index is 2.04. The first-order valence-corrected chi connectivity index (χ1v) is 14.9. The van der Waals surface area contributed by atoms with Crippen molar-refractivity contribution in [3.63, 3.8) is 0 Å². The van der Waals surface area contributed by atoms with Crippen LogP contribution in [0.1, 0.15) is 49.8 Å². The van der Waals surface area contributed by atoms with Crippen LogP contribution in [0.3, 0.4) is 0 Å². The highest BCUT2D eigenvalue weighted by Crippen LogP contribution is 2.27. The minimum atomic E-state index is -4.07. The number of aryl methyl sites for hydroxylation is 2. The summed E-state index contributed by atoms with van der Waals surface area (Å²) < 4.78 is 28.9. The second-order valence-corrected chi connectivity index (χ2v) is 11.6. The van der Waals surface area contributed by atoms with E-state index in [0.717, 1.165) is 33.8 Å². The number of nitrogens with one attached hydrogen (secondary N) is 1. The molecule has 7 nitrogen and oxygen atoms in total. The van der Waals surface area contributed by atoms with Gasteiger partial charge in [-0.15, -0.1) is 0 Å². The van der Waals surface area contributed by atoms with Crippen LogP contribution >= 0.6 is 0 Å². The van der Waals surface area contributed by atoms with Crippen molar-refractivity contribution in [1.82, 2.24) is 10.2 Å². The van der Waals surface area contributed by atoms with Gasteiger partial charge >= 0.3 is 0 Å². The Morgan fingerprint density at radius 3 is 2.03 bits per heavy atom. The number of hydrogen-bond donors (Lipinski definition) is 1. The molecular weight excluding hydrogens is 510 g/mol. The summed E-state index contributed by atoms with van der Waals surface area (Å²) in [6, 6.07) is 22.3. The molecule has 8 heteroatoms. The van der Waals surface area contributed by atoms with Crippen LogP contribution in [-0.4, -0.2) is 44.3 Å². The molecule has 0 spiro atoms. The number of sulfonamides is 1. The van der Waals surface area contributed by atoms with Gasteiger partial charge in [-0.1, -0.05) is 74.9 Å². The van der Waals surface area contributed by atoms with Gasteiger partial charge in [0.1, 0.15) is 12.6 Å². The monoisotopic (exact) mass is 549 g/mol. The molecule has 1 N–H and O–H groups in total. The summed E-state index contributed by atoms with van der Waals surface area (Å²) in [7, 11) is -4.07. The number of amides is 2. The second kappa shape index (κ2) is 13.9. The van der Waals surface area contributed by atoms with Crippen LogP contribution in [0.25, 0.3) is 0 Å². The molecule has 39 heavy (non-hydrogen) atoms. The molecule has 0 bridgehead atoms. The third-order valence-corrected chi connectivity index (χ3v) is 8.30. The van der Waals surface area contributed by atoms with Gasteiger partial charge < -0.3 is 10.2 Å². The summed E-state index contributed by atoms with van der Waals surface area (Å²) >= 11 is 0. The van der Waals surface area contributed by atoms with Gasteiger partial charge in [-0.3, -0.25) is 13.9 Å². The zero-order valence-corrected chi connectivity index (χ0v) is 24.1. The Bertz CT molecular complexity index is 1320. The number of anilines is 1. The molecule has 0 aliphatic rings. The van der Waals surface area contributed by atoms with Crippen molar-refractivity contribution >= 4 is 27.5 Å². The highest BCUT2D eigenvalue weighted by molar-refractivity contribution is 7.92. The topological polar surface area (TPSA) is 86.8 Å². The van der Waals surface area contributed by atoms with Crippen LogP contribution < -0.4 is 9.62 Å². The maximum Gasteiger partial charge on any atom is 0.264 e. The first kappa shape index (κ1) is 29.9. The van der Waals surface area contributed by atoms with Crippen molar-refractivity contribution in [2.75, 3.05) is 17.4 Å². The van der Waals surface area contributed by atoms with E-state index in [2.05, 4.69) is 5.32 Å². The molecule has 3 aromatic carbocycles. The van der Waals surface area contributed by atoms with E-state index < -0.39 is 28.5 Å². The minimum Gasteiger partial charge on any atom is -0.354 e. The number of nitrogens with zero attached hydrogens (tertiary/aromatic N) is 2. The summed E-state index contributed by atoms with van der Waals surface area (Å²) in [6.45, 7) is 7.96. The Kier molecular flexibility index (Phi) is 10.7. The van der Waals surface area contributed by atoms with Gasteiger partial charge in [-0.05, 0) is 67.6 Å². The molecule has 3 rings (SSSR count). The lowest BCUT2D eigenvalue weighted by molar-refractivity contribution is -0.140. The van der Waals surface area contributed by atoms with Crippen LogP contribution in [0.15, 0.2) is 83.8 Å². The first-order chi connectivity index (χ1) is 18.7. The lowest BCUT2D eigenvalue weighted by atomic mass is 10.1. The molecule has 2 amide bonds. The average Bonchev–Trinajstić information content (AvgIpc) is 2.92. The molecular formula is C31H39N3O4S. The predicted octanol–water partition coefficient (Wildman–Crippen LogP) is 5.22. The van der Waals surface area contributed by atoms with Crippen LogP contribution in [0.5, 0.6) is 0 Å². The van der Waals surface area contributed by atoms with Gasteiger partial charge in [0.25, 0.3) is 10.0 Å². The Morgan fingerprint density at radius 2 is 1.46 bits per heavy atom. The highest BCUT2D eigenvalue weighted by Gasteiger charge is 2.33. The van der Waals surface area contributed by atoms with E-state index in [1.54, 1.807) is 30.3 Å². The molecule has 0 saturated carbocycles. The molecule has 3 aromatic rings. The molecule has 0 saturated heterocycles. The number of rotatable bonds is 13. The number of benzene rings is 3. The molecule has 208 valence electrons. The number of hydrogen-bond acceptors (Lipinski definition) is 4. The van der Waals surface area contributed by atoms with E-state index in [9.17, 15) is 18.0 Å². The van der Waals surface area contributed by atoms with Crippen molar-refractivity contribution in [2.45, 2.75) is 64.4 Å². The fourth-order valence-corrected chi connectivity index (χ4v) is 5.97. The second-order valence-electron chi connectivity index (χ2n) is 9.75. The van der Waals surface area contributed by atoms with E-state index in [1.807, 2.05) is 64.1 Å². The smallest absolute Gasteiger partial charge is 0.264 e. The molecule has 0 radical (unpaired) electrons. The van der Waals surface area contributed by atoms with Crippen LogP contribution in [0.4, 0.5) is 5.69 Å². The average molecular weight is 550 g/mol. The third kappa shape index (κ3) is 7.93. The maximum atomic E-state index is 14.1. The summed E-state index contributed by atoms with van der Waals surface area (Å²) in [6.07, 6.45) is 2.17. The van der Waals surface area contributed by atoms with Crippen LogP contribution in [0, 0.1) is 13.8 Å². The van der Waals surface area contributed by atoms with Gasteiger partial charge in [-0.2, -0.15) is 0 Å². The molecule has 0 heterocycles. The van der Waals surface area contributed by atoms with Gasteiger partial charge in [0.15, 0.2) is 0 Å². The standard InChI is InChI=1S/C31H39N3O4S/c1-5-7-18-32-31(36)29(6-2)33(22-26-14-10-8-11-15-26)30(35)23-34(27-20-24(3)19-25(4)21-27)39(37,38)28-16-12-9-13-17-28/h8-17,19-21,29H,5-7,18,22-23H2,1-4H3,(H,32,36). The molecule has 0 aliphatic heterocycles. The zero-order valence-electron chi connectivity index (χ0n) is 23.3. The summed E-state index contributed by atoms with van der Waals surface area (Å²) in [5.74, 6) is -0.686. The van der Waals surface area contributed by atoms with Crippen LogP contribution in [0.2, 0.25) is 0 Å². The quantitative estimate of drug-likeness (QED) is 0.296. The molecule has 1 unspecified atom stereocenters. The van der Waals surface area contributed by atoms with Gasteiger partial charge in [0, 0.05) is 13.1 Å². The van der Waals surface area contributed by atoms with Crippen molar-refractivity contribution in [2.24, 2.45) is 0 Å². The fraction of sp³-hybridized carbons (Fsp3) is 0.355. The number of carbonyl (C=O) groups excluding carboxylic acids is 2. The van der Waals surface area contributed by atoms with Crippen LogP contribution in [-0.2, 0) is 26.2 Å². The first-order valence-electron chi connectivity index (χ1n) is 13.4. The molecule has 0 fully saturated rings. The zero-order chi connectivity index (χ0) is 28.4. The maximum absolute atomic E-state index is 14.1. The highest BCUT2D eigenvalue weighted by atomic mass is 32.2. The molecule has 0 aliphatic carbocycles. The van der Waals surface area contributed by atoms with Crippen molar-refractivity contribution < 1.29 is 18.0 Å². The van der Waals surface area contributed by atoms with Crippen molar-refractivity contribution in [1.29, 1.82) is 0 Å². The Labute approximate surface area is 232 Å². The lowest BCUT2D eigenvalue weighted by Gasteiger charge is -2.33. The van der Waals surface area contributed by atoms with E-state index >= 15 is 0 Å². The SMILES string of the molecule is CCCCNC(=O)C(CC)N(Cc1ccccc1)C(=O)CN(c1cc(C)cc(C)c1)S(=O)(=O)c1ccccc1. The van der Waals surface area contributed by atoms with E-state index in [4.69, 9.17) is 0 Å². The largest absolute Gasteiger partial charge is 0.354 e. The molecule has 0 aromatic heterocycles. The predicted molar refractivity (Wildman–Crippen MR) is 156 cm³/mol. The van der Waals surface area contributed by atoms with Gasteiger partial charge in [-0.25, -0.2) is 8.42 Å². The Hall–Kier alpha value is -3.65. The van der Waals surface area contributed by atoms with Gasteiger partial charge in [0.05, 0.1) is 10.6 Å². The van der Waals surface area contributed by atoms with Crippen molar-refractivity contribution in [3.8, 4) is 0 Å². The number of unbranched alkanes of at least 4 members (excludes halogenated alkanes) is 1. The fourth-order valence-electron chi connectivity index (χ4n) is 4.55. The lowest BCUT2D eigenvalue weighted by Crippen LogP contribution is -2.52. The minimum absolute atomic E-state index is 0.0934. The molecule has 1 atom stereocenters. The van der Waals surface area contributed by atoms with E-state index in [-0.39, 0.29) is 17.3 Å². The van der Waals surface area contributed by atoms with E-state index in [0.29, 0.717) is 18.7 Å². The van der Waals surface area contributed by atoms with Crippen molar-refractivity contribution in [3.05, 3.63) is 95.6 Å². The summed E-state index contributed by atoms with van der Waals surface area (Å²) in [5.41, 5.74) is 3.03. The summed E-state index contributed by atoms with van der Waals surface area (Å²) in [5, 5.41) is 2.95. The Morgan fingerprint density at radius 1 is 0.872 bits per heavy atom.